The van der Waals surface area contributed by atoms with Gasteiger partial charge in [-0.3, -0.25) is 4.90 Å². The van der Waals surface area contributed by atoms with Crippen LogP contribution in [-0.4, -0.2) is 42.2 Å². The average molecular weight is 402 g/mol. The van der Waals surface area contributed by atoms with E-state index in [0.717, 1.165) is 50.1 Å². The third-order valence-corrected chi connectivity index (χ3v) is 7.82. The number of benzene rings is 2. The molecule has 0 spiro atoms. The van der Waals surface area contributed by atoms with E-state index in [-0.39, 0.29) is 0 Å². The minimum Gasteiger partial charge on any atom is -0.385 e. The van der Waals surface area contributed by atoms with Gasteiger partial charge >= 0.3 is 0 Å². The SMILES string of the molecule is Cc1cc(C#N)ccc1N1CCN(C2CC3CC(O)(c4ccccc4)CC3C2)CC1. The van der Waals surface area contributed by atoms with Gasteiger partial charge in [-0.1, -0.05) is 30.3 Å². The number of nitriles is 1. The van der Waals surface area contributed by atoms with Crippen molar-refractivity contribution in [2.75, 3.05) is 31.1 Å². The Morgan fingerprint density at radius 1 is 0.967 bits per heavy atom. The molecule has 2 unspecified atom stereocenters. The highest BCUT2D eigenvalue weighted by Crippen LogP contribution is 2.53. The molecule has 0 radical (unpaired) electrons. The van der Waals surface area contributed by atoms with Crippen LogP contribution in [0.25, 0.3) is 0 Å². The quantitative estimate of drug-likeness (QED) is 0.843. The Labute approximate surface area is 179 Å². The lowest BCUT2D eigenvalue weighted by atomic mass is 9.89. The van der Waals surface area contributed by atoms with Crippen molar-refractivity contribution in [3.05, 3.63) is 65.2 Å². The molecule has 156 valence electrons. The molecule has 1 aliphatic heterocycles. The van der Waals surface area contributed by atoms with E-state index >= 15 is 0 Å². The van der Waals surface area contributed by atoms with Crippen LogP contribution in [0.15, 0.2) is 48.5 Å². The molecule has 4 nitrogen and oxygen atoms in total. The Bertz CT molecular complexity index is 928. The van der Waals surface area contributed by atoms with Crippen molar-refractivity contribution in [2.24, 2.45) is 11.8 Å². The van der Waals surface area contributed by atoms with Gasteiger partial charge in [-0.05, 0) is 73.8 Å². The fraction of sp³-hybridized carbons (Fsp3) is 0.500. The summed E-state index contributed by atoms with van der Waals surface area (Å²) in [7, 11) is 0. The van der Waals surface area contributed by atoms with Gasteiger partial charge in [0.05, 0.1) is 17.2 Å². The molecule has 1 N–H and O–H groups in total. The summed E-state index contributed by atoms with van der Waals surface area (Å²) < 4.78 is 0. The number of aryl methyl sites for hydroxylation is 1. The zero-order chi connectivity index (χ0) is 20.7. The maximum atomic E-state index is 11.2. The van der Waals surface area contributed by atoms with Crippen molar-refractivity contribution in [3.63, 3.8) is 0 Å². The van der Waals surface area contributed by atoms with Crippen LogP contribution in [0.2, 0.25) is 0 Å². The molecule has 2 saturated carbocycles. The fourth-order valence-electron chi connectivity index (χ4n) is 6.32. The normalized spacial score (nSPS) is 31.5. The second kappa shape index (κ2) is 7.72. The van der Waals surface area contributed by atoms with E-state index in [0.29, 0.717) is 17.9 Å². The zero-order valence-corrected chi connectivity index (χ0v) is 17.8. The average Bonchev–Trinajstić information content (AvgIpc) is 3.30. The molecule has 2 aromatic carbocycles. The molecule has 1 saturated heterocycles. The van der Waals surface area contributed by atoms with E-state index in [1.165, 1.54) is 24.1 Å². The van der Waals surface area contributed by atoms with Gasteiger partial charge < -0.3 is 10.0 Å². The number of hydrogen-bond acceptors (Lipinski definition) is 4. The Morgan fingerprint density at radius 2 is 1.63 bits per heavy atom. The van der Waals surface area contributed by atoms with Crippen LogP contribution < -0.4 is 4.90 Å². The van der Waals surface area contributed by atoms with Gasteiger partial charge in [0.2, 0.25) is 0 Å². The first-order valence-corrected chi connectivity index (χ1v) is 11.3. The van der Waals surface area contributed by atoms with Crippen molar-refractivity contribution in [3.8, 4) is 6.07 Å². The van der Waals surface area contributed by atoms with Crippen molar-refractivity contribution in [1.29, 1.82) is 5.26 Å². The Balaban J connectivity index is 1.18. The predicted molar refractivity (Wildman–Crippen MR) is 119 cm³/mol. The van der Waals surface area contributed by atoms with E-state index in [4.69, 9.17) is 5.26 Å². The lowest BCUT2D eigenvalue weighted by Gasteiger charge is -2.40. The molecule has 0 aromatic heterocycles. The van der Waals surface area contributed by atoms with Gasteiger partial charge in [0, 0.05) is 37.9 Å². The topological polar surface area (TPSA) is 50.5 Å². The van der Waals surface area contributed by atoms with Gasteiger partial charge in [0.15, 0.2) is 0 Å². The summed E-state index contributed by atoms with van der Waals surface area (Å²) >= 11 is 0. The molecular formula is C26H31N3O. The fourth-order valence-corrected chi connectivity index (χ4v) is 6.32. The summed E-state index contributed by atoms with van der Waals surface area (Å²) in [5.41, 5.74) is 3.68. The zero-order valence-electron chi connectivity index (χ0n) is 17.8. The number of nitrogens with zero attached hydrogens (tertiary/aromatic N) is 3. The summed E-state index contributed by atoms with van der Waals surface area (Å²) in [6, 6.07) is 19.2. The summed E-state index contributed by atoms with van der Waals surface area (Å²) in [6.45, 7) is 6.41. The number of aliphatic hydroxyl groups is 1. The third-order valence-electron chi connectivity index (χ3n) is 7.82. The molecule has 0 amide bonds. The number of piperazine rings is 1. The maximum absolute atomic E-state index is 11.2. The number of fused-ring (bicyclic) bond motifs is 1. The highest BCUT2D eigenvalue weighted by molar-refractivity contribution is 5.56. The number of hydrogen-bond donors (Lipinski definition) is 1. The standard InChI is InChI=1S/C26H31N3O/c1-19-13-20(18-27)7-8-25(19)29-11-9-28(10-12-29)24-14-21-16-26(30,17-22(21)15-24)23-5-3-2-4-6-23/h2-8,13,21-22,24,30H,9-12,14-17H2,1H3. The third kappa shape index (κ3) is 3.51. The lowest BCUT2D eigenvalue weighted by Crippen LogP contribution is -2.50. The van der Waals surface area contributed by atoms with Crippen LogP contribution in [0, 0.1) is 30.1 Å². The van der Waals surface area contributed by atoms with Crippen molar-refractivity contribution in [1.82, 2.24) is 4.90 Å². The van der Waals surface area contributed by atoms with E-state index in [1.807, 2.05) is 30.3 Å². The van der Waals surface area contributed by atoms with Gasteiger partial charge in [-0.2, -0.15) is 5.26 Å². The van der Waals surface area contributed by atoms with Crippen LogP contribution in [0.1, 0.15) is 42.4 Å². The maximum Gasteiger partial charge on any atom is 0.0991 e. The second-order valence-electron chi connectivity index (χ2n) is 9.59. The molecule has 5 rings (SSSR count). The first kappa shape index (κ1) is 19.6. The summed E-state index contributed by atoms with van der Waals surface area (Å²) in [5, 5.41) is 20.3. The molecule has 2 aromatic rings. The van der Waals surface area contributed by atoms with Crippen molar-refractivity contribution >= 4 is 5.69 Å². The van der Waals surface area contributed by atoms with E-state index in [9.17, 15) is 5.11 Å². The van der Waals surface area contributed by atoms with Crippen molar-refractivity contribution < 1.29 is 5.11 Å². The molecule has 3 aliphatic rings. The van der Waals surface area contributed by atoms with Crippen LogP contribution in [0.3, 0.4) is 0 Å². The molecule has 2 aliphatic carbocycles. The monoisotopic (exact) mass is 401 g/mol. The highest BCUT2D eigenvalue weighted by Gasteiger charge is 2.50. The molecular weight excluding hydrogens is 370 g/mol. The largest absolute Gasteiger partial charge is 0.385 e. The molecule has 3 fully saturated rings. The predicted octanol–water partition coefficient (Wildman–Crippen LogP) is 4.07. The minimum absolute atomic E-state index is 0.618. The molecule has 1 heterocycles. The Hall–Kier alpha value is -2.35. The molecule has 4 heteroatoms. The van der Waals surface area contributed by atoms with E-state index < -0.39 is 5.60 Å². The smallest absolute Gasteiger partial charge is 0.0991 e. The molecule has 2 atom stereocenters. The number of rotatable bonds is 3. The molecule has 30 heavy (non-hydrogen) atoms. The van der Waals surface area contributed by atoms with Crippen LogP contribution in [-0.2, 0) is 5.60 Å². The highest BCUT2D eigenvalue weighted by atomic mass is 16.3. The first-order valence-electron chi connectivity index (χ1n) is 11.3. The Morgan fingerprint density at radius 3 is 2.23 bits per heavy atom. The van der Waals surface area contributed by atoms with Gasteiger partial charge in [-0.15, -0.1) is 0 Å². The summed E-state index contributed by atoms with van der Waals surface area (Å²) in [5.74, 6) is 1.30. The van der Waals surface area contributed by atoms with E-state index in [2.05, 4.69) is 41.0 Å². The van der Waals surface area contributed by atoms with Gasteiger partial charge in [0.1, 0.15) is 0 Å². The first-order chi connectivity index (χ1) is 14.6. The van der Waals surface area contributed by atoms with E-state index in [1.54, 1.807) is 0 Å². The summed E-state index contributed by atoms with van der Waals surface area (Å²) in [4.78, 5) is 5.16. The van der Waals surface area contributed by atoms with Gasteiger partial charge in [0.25, 0.3) is 0 Å². The van der Waals surface area contributed by atoms with Crippen molar-refractivity contribution in [2.45, 2.75) is 44.2 Å². The Kier molecular flexibility index (Phi) is 5.05. The lowest BCUT2D eigenvalue weighted by molar-refractivity contribution is 0.0309. The van der Waals surface area contributed by atoms with Crippen LogP contribution in [0.5, 0.6) is 0 Å². The second-order valence-corrected chi connectivity index (χ2v) is 9.59. The van der Waals surface area contributed by atoms with Crippen LogP contribution in [0.4, 0.5) is 5.69 Å². The minimum atomic E-state index is -0.618. The number of anilines is 1. The van der Waals surface area contributed by atoms with Gasteiger partial charge in [-0.25, -0.2) is 0 Å². The molecule has 0 bridgehead atoms. The van der Waals surface area contributed by atoms with Crippen LogP contribution >= 0.6 is 0 Å². The summed E-state index contributed by atoms with van der Waals surface area (Å²) in [6.07, 6.45) is 4.30.